The van der Waals surface area contributed by atoms with Crippen molar-refractivity contribution >= 4 is 53.3 Å². The summed E-state index contributed by atoms with van der Waals surface area (Å²) in [5, 5.41) is -0.121. The summed E-state index contributed by atoms with van der Waals surface area (Å²) in [4.78, 5) is -0.656. The van der Waals surface area contributed by atoms with E-state index in [2.05, 4.69) is 0 Å². The van der Waals surface area contributed by atoms with Crippen molar-refractivity contribution in [3.05, 3.63) is 57.6 Å². The normalized spacial score (nSPS) is 12.9. The minimum atomic E-state index is -4.45. The standard InChI is InChI=1S/C14H12Cl2O8S3/c15-13-3-1-11(5-9(13)7-25(17,18)19)27(23,24)12-2-4-14(16)10(6-12)8-26(20,21)22/h1-6H,7-8H2,(H,17,18,19)(H,20,21,22). The molecular weight excluding hydrogens is 463 g/mol. The Balaban J connectivity index is 2.56. The van der Waals surface area contributed by atoms with Crippen LogP contribution in [0.4, 0.5) is 0 Å². The Morgan fingerprint density at radius 1 is 0.667 bits per heavy atom. The summed E-state index contributed by atoms with van der Waals surface area (Å²) in [5.74, 6) is -1.77. The van der Waals surface area contributed by atoms with Crippen LogP contribution < -0.4 is 0 Å². The highest BCUT2D eigenvalue weighted by atomic mass is 35.5. The maximum atomic E-state index is 12.8. The quantitative estimate of drug-likeness (QED) is 0.607. The maximum absolute atomic E-state index is 12.8. The van der Waals surface area contributed by atoms with Crippen LogP contribution in [0.5, 0.6) is 0 Å². The fraction of sp³-hybridized carbons (Fsp3) is 0.143. The highest BCUT2D eigenvalue weighted by Gasteiger charge is 2.22. The molecule has 13 heteroatoms. The highest BCUT2D eigenvalue weighted by molar-refractivity contribution is 7.91. The zero-order chi connectivity index (χ0) is 20.6. The Bertz CT molecular complexity index is 1110. The van der Waals surface area contributed by atoms with Crippen LogP contribution in [-0.2, 0) is 41.6 Å². The summed E-state index contributed by atoms with van der Waals surface area (Å²) in [6.45, 7) is 0. The predicted octanol–water partition coefficient (Wildman–Crippen LogP) is 2.60. The molecule has 0 atom stereocenters. The van der Waals surface area contributed by atoms with Crippen LogP contribution in [0.15, 0.2) is 46.2 Å². The van der Waals surface area contributed by atoms with E-state index in [9.17, 15) is 25.3 Å². The fourth-order valence-corrected chi connectivity index (χ4v) is 5.34. The van der Waals surface area contributed by atoms with Gasteiger partial charge < -0.3 is 0 Å². The topological polar surface area (TPSA) is 143 Å². The lowest BCUT2D eigenvalue weighted by Crippen LogP contribution is -2.08. The van der Waals surface area contributed by atoms with Crippen molar-refractivity contribution in [2.45, 2.75) is 21.3 Å². The lowest BCUT2D eigenvalue weighted by molar-refractivity contribution is 0.479. The van der Waals surface area contributed by atoms with Gasteiger partial charge in [0.05, 0.1) is 9.79 Å². The molecule has 0 saturated carbocycles. The van der Waals surface area contributed by atoms with E-state index >= 15 is 0 Å². The van der Waals surface area contributed by atoms with Gasteiger partial charge in [-0.1, -0.05) is 23.2 Å². The molecule has 0 spiro atoms. The molecule has 0 bridgehead atoms. The largest absolute Gasteiger partial charge is 0.285 e. The number of halogens is 2. The van der Waals surface area contributed by atoms with E-state index in [0.717, 1.165) is 36.4 Å². The minimum absolute atomic E-state index is 0.0604. The van der Waals surface area contributed by atoms with Gasteiger partial charge in [0.25, 0.3) is 20.2 Å². The first-order chi connectivity index (χ1) is 12.2. The van der Waals surface area contributed by atoms with Crippen molar-refractivity contribution in [2.24, 2.45) is 0 Å². The maximum Gasteiger partial charge on any atom is 0.269 e. The lowest BCUT2D eigenvalue weighted by Gasteiger charge is -2.10. The molecule has 0 fully saturated rings. The molecular formula is C14H12Cl2O8S3. The lowest BCUT2D eigenvalue weighted by atomic mass is 10.2. The molecule has 0 aliphatic carbocycles. The van der Waals surface area contributed by atoms with Crippen LogP contribution in [0.2, 0.25) is 10.0 Å². The summed E-state index contributed by atoms with van der Waals surface area (Å²) in [6, 6.07) is 6.55. The molecule has 2 N–H and O–H groups in total. The zero-order valence-corrected chi connectivity index (χ0v) is 17.2. The van der Waals surface area contributed by atoms with E-state index in [1.165, 1.54) is 0 Å². The van der Waals surface area contributed by atoms with Gasteiger partial charge >= 0.3 is 0 Å². The van der Waals surface area contributed by atoms with Gasteiger partial charge in [0, 0.05) is 10.0 Å². The molecule has 0 amide bonds. The minimum Gasteiger partial charge on any atom is -0.285 e. The van der Waals surface area contributed by atoms with Crippen molar-refractivity contribution < 1.29 is 34.4 Å². The third-order valence-electron chi connectivity index (χ3n) is 3.33. The second-order valence-electron chi connectivity index (χ2n) is 5.46. The van der Waals surface area contributed by atoms with E-state index in [1.807, 2.05) is 0 Å². The van der Waals surface area contributed by atoms with E-state index in [4.69, 9.17) is 32.3 Å². The van der Waals surface area contributed by atoms with Crippen molar-refractivity contribution in [3.63, 3.8) is 0 Å². The molecule has 8 nitrogen and oxygen atoms in total. The van der Waals surface area contributed by atoms with Gasteiger partial charge in [0.1, 0.15) is 11.5 Å². The van der Waals surface area contributed by atoms with Gasteiger partial charge in [0.2, 0.25) is 9.84 Å². The summed E-state index contributed by atoms with van der Waals surface area (Å²) in [7, 11) is -13.1. The van der Waals surface area contributed by atoms with Crippen molar-refractivity contribution in [3.8, 4) is 0 Å². The molecule has 0 aliphatic rings. The van der Waals surface area contributed by atoms with Gasteiger partial charge in [-0.15, -0.1) is 0 Å². The van der Waals surface area contributed by atoms with E-state index < -0.39 is 41.6 Å². The highest BCUT2D eigenvalue weighted by Crippen LogP contribution is 2.29. The summed E-state index contributed by atoms with van der Waals surface area (Å²) in [6.07, 6.45) is 0. The van der Waals surface area contributed by atoms with Gasteiger partial charge in [-0.2, -0.15) is 16.8 Å². The molecule has 0 unspecified atom stereocenters. The van der Waals surface area contributed by atoms with Crippen LogP contribution >= 0.6 is 23.2 Å². The molecule has 0 heterocycles. The third-order valence-corrected chi connectivity index (χ3v) is 7.17. The summed E-state index contributed by atoms with van der Waals surface area (Å²) >= 11 is 11.7. The Kier molecular flexibility index (Phi) is 6.27. The Labute approximate surface area is 166 Å². The number of hydrogen-bond acceptors (Lipinski definition) is 6. The smallest absolute Gasteiger partial charge is 0.269 e. The fourth-order valence-electron chi connectivity index (χ4n) is 2.19. The summed E-state index contributed by atoms with van der Waals surface area (Å²) < 4.78 is 87.7. The number of rotatable bonds is 6. The monoisotopic (exact) mass is 474 g/mol. The van der Waals surface area contributed by atoms with Crippen molar-refractivity contribution in [2.75, 3.05) is 0 Å². The first kappa shape index (κ1) is 22.1. The number of sulfone groups is 1. The van der Waals surface area contributed by atoms with Crippen LogP contribution in [0.25, 0.3) is 0 Å². The summed E-state index contributed by atoms with van der Waals surface area (Å²) in [5.41, 5.74) is -0.264. The number of hydrogen-bond donors (Lipinski definition) is 2. The Morgan fingerprint density at radius 2 is 1.00 bits per heavy atom. The average Bonchev–Trinajstić information content (AvgIpc) is 2.48. The van der Waals surface area contributed by atoms with Crippen molar-refractivity contribution in [1.29, 1.82) is 0 Å². The van der Waals surface area contributed by atoms with Gasteiger partial charge in [-0.25, -0.2) is 8.42 Å². The average molecular weight is 475 g/mol. The van der Waals surface area contributed by atoms with E-state index in [0.29, 0.717) is 0 Å². The Hall–Kier alpha value is -1.21. The second kappa shape index (κ2) is 7.66. The molecule has 0 radical (unpaired) electrons. The van der Waals surface area contributed by atoms with Crippen LogP contribution in [0, 0.1) is 0 Å². The second-order valence-corrected chi connectivity index (χ2v) is 11.1. The van der Waals surface area contributed by atoms with E-state index in [-0.39, 0.29) is 31.0 Å². The molecule has 27 heavy (non-hydrogen) atoms. The zero-order valence-electron chi connectivity index (χ0n) is 13.2. The van der Waals surface area contributed by atoms with Gasteiger partial charge in [0.15, 0.2) is 0 Å². The first-order valence-electron chi connectivity index (χ1n) is 6.91. The molecule has 2 aromatic carbocycles. The van der Waals surface area contributed by atoms with Crippen molar-refractivity contribution in [1.82, 2.24) is 0 Å². The third kappa shape index (κ3) is 5.88. The molecule has 2 rings (SSSR count). The molecule has 2 aromatic rings. The van der Waals surface area contributed by atoms with Crippen LogP contribution in [0.3, 0.4) is 0 Å². The van der Waals surface area contributed by atoms with Gasteiger partial charge in [-0.3, -0.25) is 9.11 Å². The van der Waals surface area contributed by atoms with E-state index in [1.54, 1.807) is 0 Å². The van der Waals surface area contributed by atoms with Crippen LogP contribution in [-0.4, -0.2) is 34.4 Å². The SMILES string of the molecule is O=S(=O)(O)Cc1cc(S(=O)(=O)c2ccc(Cl)c(CS(=O)(=O)O)c2)ccc1Cl. The van der Waals surface area contributed by atoms with Crippen LogP contribution in [0.1, 0.15) is 11.1 Å². The molecule has 148 valence electrons. The predicted molar refractivity (Wildman–Crippen MR) is 98.9 cm³/mol. The Morgan fingerprint density at radius 3 is 1.30 bits per heavy atom. The molecule has 0 saturated heterocycles. The molecule has 0 aliphatic heterocycles. The first-order valence-corrected chi connectivity index (χ1v) is 12.4. The molecule has 0 aromatic heterocycles. The number of benzene rings is 2. The van der Waals surface area contributed by atoms with Gasteiger partial charge in [-0.05, 0) is 47.5 Å².